The zero-order valence-corrected chi connectivity index (χ0v) is 18.1. The molecule has 0 aliphatic rings. The molecule has 1 aromatic carbocycles. The van der Waals surface area contributed by atoms with Crippen molar-refractivity contribution in [3.63, 3.8) is 0 Å². The maximum atomic E-state index is 12.3. The number of methoxy groups -OCH3 is 1. The Morgan fingerprint density at radius 2 is 2.00 bits per heavy atom. The van der Waals surface area contributed by atoms with Crippen LogP contribution in [0.2, 0.25) is 5.02 Å². The monoisotopic (exact) mass is 420 g/mol. The summed E-state index contributed by atoms with van der Waals surface area (Å²) in [6.45, 7) is 5.37. The molecule has 1 N–H and O–H groups in total. The number of carbonyl (C=O) groups excluding carboxylic acids is 1. The molecule has 0 aromatic heterocycles. The van der Waals surface area contributed by atoms with Crippen LogP contribution in [-0.4, -0.2) is 58.7 Å². The Bertz CT molecular complexity index is 738. The van der Waals surface area contributed by atoms with Crippen molar-refractivity contribution >= 4 is 27.5 Å². The van der Waals surface area contributed by atoms with Gasteiger partial charge in [-0.25, -0.2) is 12.7 Å². The van der Waals surface area contributed by atoms with Crippen molar-refractivity contribution in [2.45, 2.75) is 26.7 Å². The Morgan fingerprint density at radius 3 is 2.56 bits per heavy atom. The number of amides is 1. The topological polar surface area (TPSA) is 84.9 Å². The van der Waals surface area contributed by atoms with Gasteiger partial charge in [0.15, 0.2) is 11.5 Å². The lowest BCUT2D eigenvalue weighted by Crippen LogP contribution is -2.31. The fourth-order valence-electron chi connectivity index (χ4n) is 2.16. The number of carbonyl (C=O) groups is 1. The van der Waals surface area contributed by atoms with E-state index in [0.717, 1.165) is 12.7 Å². The van der Waals surface area contributed by atoms with E-state index >= 15 is 0 Å². The Morgan fingerprint density at radius 1 is 1.33 bits per heavy atom. The van der Waals surface area contributed by atoms with Crippen molar-refractivity contribution in [3.8, 4) is 11.5 Å². The van der Waals surface area contributed by atoms with E-state index in [1.165, 1.54) is 24.5 Å². The first-order valence-corrected chi connectivity index (χ1v) is 11.0. The molecule has 0 aliphatic heterocycles. The van der Waals surface area contributed by atoms with Crippen molar-refractivity contribution in [1.82, 2.24) is 9.62 Å². The summed E-state index contributed by atoms with van der Waals surface area (Å²) in [5.74, 6) is 1.01. The van der Waals surface area contributed by atoms with Crippen molar-refractivity contribution in [3.05, 3.63) is 22.7 Å². The maximum absolute atomic E-state index is 12.3. The number of rotatable bonds is 11. The van der Waals surface area contributed by atoms with Crippen LogP contribution in [0.1, 0.15) is 37.0 Å². The first-order valence-electron chi connectivity index (χ1n) is 8.76. The van der Waals surface area contributed by atoms with Crippen LogP contribution in [0.4, 0.5) is 0 Å². The minimum atomic E-state index is -3.22. The molecule has 154 valence electrons. The van der Waals surface area contributed by atoms with Gasteiger partial charge >= 0.3 is 0 Å². The van der Waals surface area contributed by atoms with Gasteiger partial charge in [-0.05, 0) is 30.9 Å². The van der Waals surface area contributed by atoms with E-state index in [4.69, 9.17) is 21.1 Å². The normalized spacial score (nSPS) is 11.7. The second kappa shape index (κ2) is 10.7. The zero-order chi connectivity index (χ0) is 20.6. The van der Waals surface area contributed by atoms with Crippen molar-refractivity contribution < 1.29 is 22.7 Å². The molecule has 0 saturated heterocycles. The van der Waals surface area contributed by atoms with E-state index in [-0.39, 0.29) is 5.91 Å². The van der Waals surface area contributed by atoms with Crippen LogP contribution in [-0.2, 0) is 10.0 Å². The summed E-state index contributed by atoms with van der Waals surface area (Å²) < 4.78 is 34.9. The molecular weight excluding hydrogens is 392 g/mol. The molecule has 1 rings (SSSR count). The molecule has 0 heterocycles. The van der Waals surface area contributed by atoms with Gasteiger partial charge in [0.1, 0.15) is 0 Å². The van der Waals surface area contributed by atoms with Crippen molar-refractivity contribution in [2.75, 3.05) is 40.1 Å². The number of nitrogens with zero attached hydrogens (tertiary/aromatic N) is 1. The molecule has 0 fully saturated rings. The lowest BCUT2D eigenvalue weighted by molar-refractivity contribution is 0.0952. The molecule has 1 amide bonds. The Labute approximate surface area is 167 Å². The predicted molar refractivity (Wildman–Crippen MR) is 107 cm³/mol. The first-order chi connectivity index (χ1) is 12.6. The van der Waals surface area contributed by atoms with E-state index in [0.29, 0.717) is 54.1 Å². The van der Waals surface area contributed by atoms with E-state index < -0.39 is 10.0 Å². The third kappa shape index (κ3) is 7.94. The summed E-state index contributed by atoms with van der Waals surface area (Å²) in [6.07, 6.45) is 2.52. The number of halogens is 1. The summed E-state index contributed by atoms with van der Waals surface area (Å²) in [4.78, 5) is 12.3. The molecule has 27 heavy (non-hydrogen) atoms. The van der Waals surface area contributed by atoms with Crippen LogP contribution in [0.5, 0.6) is 11.5 Å². The fraction of sp³-hybridized carbons (Fsp3) is 0.611. The molecule has 0 saturated carbocycles. The van der Waals surface area contributed by atoms with Crippen LogP contribution in [0.25, 0.3) is 0 Å². The minimum Gasteiger partial charge on any atom is -0.493 e. The third-order valence-electron chi connectivity index (χ3n) is 3.93. The van der Waals surface area contributed by atoms with E-state index in [1.807, 2.05) is 0 Å². The van der Waals surface area contributed by atoms with E-state index in [9.17, 15) is 13.2 Å². The van der Waals surface area contributed by atoms with Crippen LogP contribution >= 0.6 is 11.6 Å². The van der Waals surface area contributed by atoms with Gasteiger partial charge in [-0.3, -0.25) is 4.79 Å². The van der Waals surface area contributed by atoms with Crippen molar-refractivity contribution in [1.29, 1.82) is 0 Å². The molecule has 9 heteroatoms. The molecule has 0 aliphatic carbocycles. The Balaban J connectivity index is 2.68. The zero-order valence-electron chi connectivity index (χ0n) is 16.5. The third-order valence-corrected chi connectivity index (χ3v) is 5.53. The fourth-order valence-corrected chi connectivity index (χ4v) is 2.89. The molecule has 0 atom stereocenters. The van der Waals surface area contributed by atoms with Crippen LogP contribution in [0.15, 0.2) is 12.1 Å². The quantitative estimate of drug-likeness (QED) is 0.556. The molecule has 0 radical (unpaired) electrons. The summed E-state index contributed by atoms with van der Waals surface area (Å²) in [7, 11) is -0.226. The molecule has 7 nitrogen and oxygen atoms in total. The number of hydrogen-bond acceptors (Lipinski definition) is 5. The summed E-state index contributed by atoms with van der Waals surface area (Å²) in [5.41, 5.74) is 0.351. The largest absolute Gasteiger partial charge is 0.493 e. The predicted octanol–water partition coefficient (Wildman–Crippen LogP) is 2.78. The van der Waals surface area contributed by atoms with E-state index in [1.54, 1.807) is 6.07 Å². The van der Waals surface area contributed by atoms with Gasteiger partial charge < -0.3 is 14.8 Å². The number of nitrogens with one attached hydrogen (secondary N) is 1. The second-order valence-electron chi connectivity index (χ2n) is 6.71. The number of ether oxygens (including phenoxy) is 2. The Kier molecular flexibility index (Phi) is 9.35. The molecule has 1 aromatic rings. The molecule has 0 bridgehead atoms. The minimum absolute atomic E-state index is 0.306. The molecule has 0 unspecified atom stereocenters. The number of hydrogen-bond donors (Lipinski definition) is 1. The van der Waals surface area contributed by atoms with E-state index in [2.05, 4.69) is 19.2 Å². The Hall–Kier alpha value is -1.51. The highest BCUT2D eigenvalue weighted by Crippen LogP contribution is 2.36. The molecule has 0 spiro atoms. The molecular formula is C18H29ClN2O5S. The number of benzene rings is 1. The van der Waals surface area contributed by atoms with Gasteiger partial charge in [-0.2, -0.15) is 0 Å². The first kappa shape index (κ1) is 23.5. The SMILES string of the molecule is COc1cc(C(=O)NCCCN(C)S(C)(=O)=O)cc(Cl)c1OCCC(C)C. The number of sulfonamides is 1. The maximum Gasteiger partial charge on any atom is 0.251 e. The van der Waals surface area contributed by atoms with Gasteiger partial charge in [-0.1, -0.05) is 25.4 Å². The lowest BCUT2D eigenvalue weighted by atomic mass is 10.1. The highest BCUT2D eigenvalue weighted by molar-refractivity contribution is 7.88. The lowest BCUT2D eigenvalue weighted by Gasteiger charge is -2.15. The van der Waals surface area contributed by atoms with Gasteiger partial charge in [0.25, 0.3) is 5.91 Å². The van der Waals surface area contributed by atoms with Crippen LogP contribution in [0, 0.1) is 5.92 Å². The second-order valence-corrected chi connectivity index (χ2v) is 9.21. The van der Waals surface area contributed by atoms with Crippen molar-refractivity contribution in [2.24, 2.45) is 5.92 Å². The standard InChI is InChI=1S/C18H29ClN2O5S/c1-13(2)7-10-26-17-15(19)11-14(12-16(17)25-4)18(22)20-8-6-9-21(3)27(5,23)24/h11-13H,6-10H2,1-5H3,(H,20,22). The van der Waals surface area contributed by atoms with Gasteiger partial charge in [-0.15, -0.1) is 0 Å². The van der Waals surface area contributed by atoms with Gasteiger partial charge in [0.2, 0.25) is 10.0 Å². The summed E-state index contributed by atoms with van der Waals surface area (Å²) in [6, 6.07) is 3.11. The summed E-state index contributed by atoms with van der Waals surface area (Å²) in [5, 5.41) is 3.05. The average molecular weight is 421 g/mol. The van der Waals surface area contributed by atoms with Gasteiger partial charge in [0, 0.05) is 25.7 Å². The highest BCUT2D eigenvalue weighted by atomic mass is 35.5. The van der Waals surface area contributed by atoms with Gasteiger partial charge in [0.05, 0.1) is 25.0 Å². The van der Waals surface area contributed by atoms with Crippen LogP contribution in [0.3, 0.4) is 0 Å². The smallest absolute Gasteiger partial charge is 0.251 e. The average Bonchev–Trinajstić information content (AvgIpc) is 2.58. The highest BCUT2D eigenvalue weighted by Gasteiger charge is 2.16. The van der Waals surface area contributed by atoms with Crippen LogP contribution < -0.4 is 14.8 Å². The summed E-state index contributed by atoms with van der Waals surface area (Å²) >= 11 is 6.27.